The van der Waals surface area contributed by atoms with Gasteiger partial charge in [0.1, 0.15) is 5.69 Å². The minimum atomic E-state index is -0.452. The molecule has 0 amide bonds. The largest absolute Gasteiger partial charge is 0.493 e. The van der Waals surface area contributed by atoms with Crippen molar-refractivity contribution in [3.8, 4) is 11.5 Å². The summed E-state index contributed by atoms with van der Waals surface area (Å²) < 4.78 is 10.2. The van der Waals surface area contributed by atoms with Gasteiger partial charge in [-0.15, -0.1) is 0 Å². The second kappa shape index (κ2) is 6.63. The molecule has 0 saturated heterocycles. The van der Waals surface area contributed by atoms with Crippen molar-refractivity contribution in [3.05, 3.63) is 33.9 Å². The summed E-state index contributed by atoms with van der Waals surface area (Å²) in [6.45, 7) is 4.44. The maximum absolute atomic E-state index is 11.0. The topological polar surface area (TPSA) is 73.6 Å². The second-order valence-corrected chi connectivity index (χ2v) is 4.14. The fourth-order valence-electron chi connectivity index (χ4n) is 1.53. The van der Waals surface area contributed by atoms with Gasteiger partial charge in [-0.3, -0.25) is 10.1 Å². The molecule has 0 spiro atoms. The van der Waals surface area contributed by atoms with E-state index in [0.29, 0.717) is 23.7 Å². The molecule has 1 N–H and O–H groups in total. The number of nitrogens with zero attached hydrogens (tertiary/aromatic N) is 1. The van der Waals surface area contributed by atoms with Gasteiger partial charge < -0.3 is 14.8 Å². The third-order valence-electron chi connectivity index (χ3n) is 2.50. The van der Waals surface area contributed by atoms with Gasteiger partial charge in [-0.05, 0) is 13.8 Å². The average Bonchev–Trinajstić information content (AvgIpc) is 2.37. The maximum atomic E-state index is 11.0. The molecule has 6 nitrogen and oxygen atoms in total. The molecule has 0 saturated carbocycles. The second-order valence-electron chi connectivity index (χ2n) is 4.14. The van der Waals surface area contributed by atoms with Crippen LogP contribution in [0.5, 0.6) is 11.5 Å². The van der Waals surface area contributed by atoms with E-state index in [9.17, 15) is 10.1 Å². The molecule has 1 aromatic rings. The van der Waals surface area contributed by atoms with Gasteiger partial charge >= 0.3 is 0 Å². The van der Waals surface area contributed by atoms with E-state index < -0.39 is 4.92 Å². The fraction of sp³-hybridized carbons (Fsp3) is 0.385. The number of benzene rings is 1. The molecule has 1 rings (SSSR count). The van der Waals surface area contributed by atoms with Crippen LogP contribution in [-0.4, -0.2) is 25.7 Å². The van der Waals surface area contributed by atoms with Crippen LogP contribution in [-0.2, 0) is 0 Å². The van der Waals surface area contributed by atoms with Gasteiger partial charge in [-0.1, -0.05) is 11.6 Å². The minimum Gasteiger partial charge on any atom is -0.493 e. The molecule has 0 aromatic heterocycles. The molecule has 19 heavy (non-hydrogen) atoms. The smallest absolute Gasteiger partial charge is 0.296 e. The Kier molecular flexibility index (Phi) is 5.17. The minimum absolute atomic E-state index is 0.0418. The standard InChI is InChI=1S/C13H18N2O4/c1-9(2)5-6-14-10-7-12(18-3)13(19-4)8-11(10)15(16)17/h5,7-8,14H,6H2,1-4H3. The summed E-state index contributed by atoms with van der Waals surface area (Å²) in [6, 6.07) is 2.92. The highest BCUT2D eigenvalue weighted by Gasteiger charge is 2.18. The molecule has 0 aliphatic rings. The Morgan fingerprint density at radius 2 is 1.89 bits per heavy atom. The van der Waals surface area contributed by atoms with Gasteiger partial charge in [-0.2, -0.15) is 0 Å². The molecule has 0 bridgehead atoms. The van der Waals surface area contributed by atoms with E-state index in [1.807, 2.05) is 19.9 Å². The Balaban J connectivity index is 3.12. The lowest BCUT2D eigenvalue weighted by molar-refractivity contribution is -0.384. The number of hydrogen-bond donors (Lipinski definition) is 1. The van der Waals surface area contributed by atoms with Crippen molar-refractivity contribution in [2.45, 2.75) is 13.8 Å². The van der Waals surface area contributed by atoms with E-state index in [1.165, 1.54) is 20.3 Å². The highest BCUT2D eigenvalue weighted by atomic mass is 16.6. The fourth-order valence-corrected chi connectivity index (χ4v) is 1.53. The summed E-state index contributed by atoms with van der Waals surface area (Å²) in [7, 11) is 2.93. The first-order chi connectivity index (χ1) is 8.99. The summed E-state index contributed by atoms with van der Waals surface area (Å²) in [5, 5.41) is 14.0. The zero-order valence-corrected chi connectivity index (χ0v) is 11.5. The Morgan fingerprint density at radius 3 is 2.37 bits per heavy atom. The lowest BCUT2D eigenvalue weighted by Gasteiger charge is -2.11. The van der Waals surface area contributed by atoms with Crippen LogP contribution < -0.4 is 14.8 Å². The first kappa shape index (κ1) is 14.8. The zero-order chi connectivity index (χ0) is 14.4. The van der Waals surface area contributed by atoms with Crippen molar-refractivity contribution >= 4 is 11.4 Å². The number of ether oxygens (including phenoxy) is 2. The van der Waals surface area contributed by atoms with E-state index in [2.05, 4.69) is 5.32 Å². The molecule has 0 heterocycles. The zero-order valence-electron chi connectivity index (χ0n) is 11.5. The van der Waals surface area contributed by atoms with Crippen LogP contribution >= 0.6 is 0 Å². The average molecular weight is 266 g/mol. The Morgan fingerprint density at radius 1 is 1.32 bits per heavy atom. The molecule has 1 aromatic carbocycles. The van der Waals surface area contributed by atoms with Gasteiger partial charge in [0.25, 0.3) is 5.69 Å². The van der Waals surface area contributed by atoms with Gasteiger partial charge in [0.2, 0.25) is 0 Å². The van der Waals surface area contributed by atoms with Crippen molar-refractivity contribution in [2.24, 2.45) is 0 Å². The predicted molar refractivity (Wildman–Crippen MR) is 74.1 cm³/mol. The SMILES string of the molecule is COc1cc(NCC=C(C)C)c([N+](=O)[O-])cc1OC. The van der Waals surface area contributed by atoms with E-state index in [4.69, 9.17) is 9.47 Å². The number of anilines is 1. The van der Waals surface area contributed by atoms with Crippen LogP contribution in [0.4, 0.5) is 11.4 Å². The molecule has 0 fully saturated rings. The van der Waals surface area contributed by atoms with Gasteiger partial charge in [0.05, 0.1) is 25.2 Å². The van der Waals surface area contributed by atoms with Crippen molar-refractivity contribution in [1.29, 1.82) is 0 Å². The van der Waals surface area contributed by atoms with Crippen molar-refractivity contribution in [2.75, 3.05) is 26.1 Å². The van der Waals surface area contributed by atoms with E-state index in [0.717, 1.165) is 5.57 Å². The molecule has 6 heteroatoms. The molecule has 0 aliphatic heterocycles. The Hall–Kier alpha value is -2.24. The van der Waals surface area contributed by atoms with Crippen molar-refractivity contribution < 1.29 is 14.4 Å². The lowest BCUT2D eigenvalue weighted by Crippen LogP contribution is -2.04. The summed E-state index contributed by atoms with van der Waals surface area (Å²) in [5.74, 6) is 0.787. The third-order valence-corrected chi connectivity index (χ3v) is 2.50. The predicted octanol–water partition coefficient (Wildman–Crippen LogP) is 2.99. The first-order valence-electron chi connectivity index (χ1n) is 5.77. The molecular weight excluding hydrogens is 248 g/mol. The number of nitrogens with one attached hydrogen (secondary N) is 1. The molecule has 0 aliphatic carbocycles. The normalized spacial score (nSPS) is 9.68. The molecule has 0 radical (unpaired) electrons. The van der Waals surface area contributed by atoms with E-state index in [-0.39, 0.29) is 5.69 Å². The van der Waals surface area contributed by atoms with Crippen LogP contribution in [0.3, 0.4) is 0 Å². The quantitative estimate of drug-likeness (QED) is 0.486. The summed E-state index contributed by atoms with van der Waals surface area (Å²) in [6.07, 6.45) is 1.94. The lowest BCUT2D eigenvalue weighted by atomic mass is 10.2. The molecular formula is C13H18N2O4. The van der Waals surface area contributed by atoms with Crippen molar-refractivity contribution in [3.63, 3.8) is 0 Å². The summed E-state index contributed by atoms with van der Waals surface area (Å²) in [4.78, 5) is 10.6. The van der Waals surface area contributed by atoms with Crippen molar-refractivity contribution in [1.82, 2.24) is 0 Å². The molecule has 0 atom stereocenters. The first-order valence-corrected chi connectivity index (χ1v) is 5.77. The number of rotatable bonds is 6. The summed E-state index contributed by atoms with van der Waals surface area (Å²) >= 11 is 0. The number of allylic oxidation sites excluding steroid dienone is 1. The number of methoxy groups -OCH3 is 2. The monoisotopic (exact) mass is 266 g/mol. The van der Waals surface area contributed by atoms with Crippen LogP contribution in [0.15, 0.2) is 23.8 Å². The molecule has 0 unspecified atom stereocenters. The number of hydrogen-bond acceptors (Lipinski definition) is 5. The molecule has 104 valence electrons. The highest BCUT2D eigenvalue weighted by molar-refractivity contribution is 5.68. The highest BCUT2D eigenvalue weighted by Crippen LogP contribution is 2.37. The number of nitro groups is 1. The van der Waals surface area contributed by atoms with Crippen LogP contribution in [0.25, 0.3) is 0 Å². The van der Waals surface area contributed by atoms with Gasteiger partial charge in [-0.25, -0.2) is 0 Å². The summed E-state index contributed by atoms with van der Waals surface area (Å²) in [5.41, 5.74) is 1.50. The van der Waals surface area contributed by atoms with Crippen LogP contribution in [0, 0.1) is 10.1 Å². The Bertz CT molecular complexity index is 494. The third kappa shape index (κ3) is 3.87. The van der Waals surface area contributed by atoms with Gasteiger partial charge in [0, 0.05) is 12.6 Å². The van der Waals surface area contributed by atoms with Crippen LogP contribution in [0.2, 0.25) is 0 Å². The van der Waals surface area contributed by atoms with E-state index in [1.54, 1.807) is 6.07 Å². The Labute approximate surface area is 112 Å². The maximum Gasteiger partial charge on any atom is 0.296 e. The van der Waals surface area contributed by atoms with Gasteiger partial charge in [0.15, 0.2) is 11.5 Å². The van der Waals surface area contributed by atoms with Crippen LogP contribution in [0.1, 0.15) is 13.8 Å². The van der Waals surface area contributed by atoms with E-state index >= 15 is 0 Å². The number of nitro benzene ring substituents is 1.